The number of aromatic carboxylic acids is 1. The third kappa shape index (κ3) is 2.72. The van der Waals surface area contributed by atoms with Crippen molar-refractivity contribution in [2.24, 2.45) is 0 Å². The standard InChI is InChI=1S/C11H15NO6S2/c1-7-4-9(19-10(7)11(14)15)20(16,17)12-2-3-18-6-8(12)5-13/h4,8,13H,2-3,5-6H2,1H3,(H,14,15). The van der Waals surface area contributed by atoms with E-state index in [2.05, 4.69) is 0 Å². The summed E-state index contributed by atoms with van der Waals surface area (Å²) in [6.45, 7) is 1.75. The van der Waals surface area contributed by atoms with Gasteiger partial charge in [0.25, 0.3) is 10.0 Å². The molecule has 1 aliphatic heterocycles. The number of thiophene rings is 1. The van der Waals surface area contributed by atoms with Crippen molar-refractivity contribution in [3.8, 4) is 0 Å². The van der Waals surface area contributed by atoms with Crippen LogP contribution in [-0.4, -0.2) is 61.3 Å². The van der Waals surface area contributed by atoms with Crippen LogP contribution in [0.4, 0.5) is 0 Å². The largest absolute Gasteiger partial charge is 0.477 e. The summed E-state index contributed by atoms with van der Waals surface area (Å²) in [6, 6.07) is 0.720. The van der Waals surface area contributed by atoms with Gasteiger partial charge in [0.2, 0.25) is 0 Å². The molecular weight excluding hydrogens is 306 g/mol. The van der Waals surface area contributed by atoms with Crippen molar-refractivity contribution in [2.75, 3.05) is 26.4 Å². The van der Waals surface area contributed by atoms with Gasteiger partial charge in [-0.2, -0.15) is 4.31 Å². The Kier molecular flexibility index (Phi) is 4.45. The fourth-order valence-electron chi connectivity index (χ4n) is 2.01. The summed E-state index contributed by atoms with van der Waals surface area (Å²) in [5, 5.41) is 18.2. The predicted molar refractivity (Wildman–Crippen MR) is 71.6 cm³/mol. The fourth-order valence-corrected chi connectivity index (χ4v) is 5.10. The molecule has 1 aromatic rings. The molecule has 1 saturated heterocycles. The van der Waals surface area contributed by atoms with Gasteiger partial charge in [-0.1, -0.05) is 0 Å². The second kappa shape index (κ2) is 5.78. The van der Waals surface area contributed by atoms with E-state index in [1.165, 1.54) is 10.4 Å². The average molecular weight is 321 g/mol. The number of hydrogen-bond donors (Lipinski definition) is 2. The Bertz CT molecular complexity index is 608. The Morgan fingerprint density at radius 1 is 1.60 bits per heavy atom. The summed E-state index contributed by atoms with van der Waals surface area (Å²) in [6.07, 6.45) is 0. The lowest BCUT2D eigenvalue weighted by Crippen LogP contribution is -2.50. The third-order valence-corrected chi connectivity index (χ3v) is 6.66. The van der Waals surface area contributed by atoms with E-state index in [4.69, 9.17) is 9.84 Å². The molecule has 2 N–H and O–H groups in total. The van der Waals surface area contributed by atoms with E-state index in [1.807, 2.05) is 0 Å². The van der Waals surface area contributed by atoms with Gasteiger partial charge >= 0.3 is 5.97 Å². The zero-order valence-corrected chi connectivity index (χ0v) is 12.4. The number of ether oxygens (including phenoxy) is 1. The Hall–Kier alpha value is -1.00. The summed E-state index contributed by atoms with van der Waals surface area (Å²) in [5.41, 5.74) is 0.412. The van der Waals surface area contributed by atoms with E-state index in [9.17, 15) is 18.3 Å². The maximum Gasteiger partial charge on any atom is 0.346 e. The molecule has 2 heterocycles. The van der Waals surface area contributed by atoms with E-state index in [0.29, 0.717) is 5.56 Å². The molecule has 1 unspecified atom stereocenters. The monoisotopic (exact) mass is 321 g/mol. The first-order valence-electron chi connectivity index (χ1n) is 5.92. The molecule has 1 atom stereocenters. The number of aliphatic hydroxyl groups is 1. The first-order chi connectivity index (χ1) is 9.37. The molecule has 1 fully saturated rings. The zero-order chi connectivity index (χ0) is 14.9. The van der Waals surface area contributed by atoms with Crippen LogP contribution in [0.1, 0.15) is 15.2 Å². The molecule has 9 heteroatoms. The molecule has 0 saturated carbocycles. The second-order valence-corrected chi connectivity index (χ2v) is 7.58. The quantitative estimate of drug-likeness (QED) is 0.817. The van der Waals surface area contributed by atoms with Crippen molar-refractivity contribution >= 4 is 27.3 Å². The van der Waals surface area contributed by atoms with Crippen LogP contribution in [0.2, 0.25) is 0 Å². The van der Waals surface area contributed by atoms with E-state index >= 15 is 0 Å². The topological polar surface area (TPSA) is 104 Å². The SMILES string of the molecule is Cc1cc(S(=O)(=O)N2CCOCC2CO)sc1C(=O)O. The van der Waals surface area contributed by atoms with Crippen molar-refractivity contribution in [1.82, 2.24) is 4.31 Å². The molecule has 0 aromatic carbocycles. The second-order valence-electron chi connectivity index (χ2n) is 4.41. The van der Waals surface area contributed by atoms with Gasteiger partial charge in [0.15, 0.2) is 0 Å². The number of hydrogen-bond acceptors (Lipinski definition) is 6. The highest BCUT2D eigenvalue weighted by atomic mass is 32.2. The van der Waals surface area contributed by atoms with Gasteiger partial charge in [-0.25, -0.2) is 13.2 Å². The van der Waals surface area contributed by atoms with Crippen molar-refractivity contribution in [3.63, 3.8) is 0 Å². The van der Waals surface area contributed by atoms with Crippen LogP contribution in [0, 0.1) is 6.92 Å². The highest BCUT2D eigenvalue weighted by Gasteiger charge is 2.35. The molecule has 7 nitrogen and oxygen atoms in total. The molecular formula is C11H15NO6S2. The number of carbonyl (C=O) groups is 1. The smallest absolute Gasteiger partial charge is 0.346 e. The number of aliphatic hydroxyl groups excluding tert-OH is 1. The number of carboxylic acid groups (broad SMARTS) is 1. The lowest BCUT2D eigenvalue weighted by atomic mass is 10.3. The van der Waals surface area contributed by atoms with Gasteiger partial charge in [-0.05, 0) is 18.6 Å². The third-order valence-electron chi connectivity index (χ3n) is 3.04. The predicted octanol–water partition coefficient (Wildman–Crippen LogP) is 0.137. The molecule has 1 aliphatic rings. The maximum atomic E-state index is 12.5. The van der Waals surface area contributed by atoms with E-state index in [-0.39, 0.29) is 35.5 Å². The van der Waals surface area contributed by atoms with Crippen LogP contribution in [-0.2, 0) is 14.8 Å². The molecule has 0 amide bonds. The summed E-state index contributed by atoms with van der Waals surface area (Å²) >= 11 is 0.729. The lowest BCUT2D eigenvalue weighted by molar-refractivity contribution is 0.0110. The molecule has 2 rings (SSSR count). The minimum atomic E-state index is -3.81. The van der Waals surface area contributed by atoms with Crippen molar-refractivity contribution < 1.29 is 28.2 Å². The van der Waals surface area contributed by atoms with Gasteiger partial charge in [-0.3, -0.25) is 0 Å². The van der Waals surface area contributed by atoms with E-state index < -0.39 is 22.0 Å². The van der Waals surface area contributed by atoms with E-state index in [0.717, 1.165) is 11.3 Å². The van der Waals surface area contributed by atoms with Gasteiger partial charge in [-0.15, -0.1) is 11.3 Å². The van der Waals surface area contributed by atoms with Crippen LogP contribution < -0.4 is 0 Å². The summed E-state index contributed by atoms with van der Waals surface area (Å²) in [5.74, 6) is -1.14. The highest BCUT2D eigenvalue weighted by Crippen LogP contribution is 2.30. The van der Waals surface area contributed by atoms with Crippen LogP contribution in [0.5, 0.6) is 0 Å². The fraction of sp³-hybridized carbons (Fsp3) is 0.545. The molecule has 0 aliphatic carbocycles. The van der Waals surface area contributed by atoms with Crippen molar-refractivity contribution in [1.29, 1.82) is 0 Å². The Morgan fingerprint density at radius 3 is 2.85 bits per heavy atom. The van der Waals surface area contributed by atoms with Crippen molar-refractivity contribution in [2.45, 2.75) is 17.2 Å². The van der Waals surface area contributed by atoms with Crippen LogP contribution in [0.25, 0.3) is 0 Å². The van der Waals surface area contributed by atoms with Crippen LogP contribution >= 0.6 is 11.3 Å². The van der Waals surface area contributed by atoms with Crippen LogP contribution in [0.3, 0.4) is 0 Å². The van der Waals surface area contributed by atoms with Gasteiger partial charge in [0.05, 0.1) is 25.9 Å². The van der Waals surface area contributed by atoms with E-state index in [1.54, 1.807) is 6.92 Å². The van der Waals surface area contributed by atoms with Crippen LogP contribution in [0.15, 0.2) is 10.3 Å². The molecule has 20 heavy (non-hydrogen) atoms. The molecule has 1 aromatic heterocycles. The molecule has 0 spiro atoms. The number of morpholine rings is 1. The number of sulfonamides is 1. The Morgan fingerprint density at radius 2 is 2.30 bits per heavy atom. The molecule has 0 bridgehead atoms. The van der Waals surface area contributed by atoms with Crippen molar-refractivity contribution in [3.05, 3.63) is 16.5 Å². The summed E-state index contributed by atoms with van der Waals surface area (Å²) in [4.78, 5) is 11.0. The average Bonchev–Trinajstić information content (AvgIpc) is 2.81. The van der Waals surface area contributed by atoms with Gasteiger partial charge in [0.1, 0.15) is 9.09 Å². The normalized spacial score (nSPS) is 21.0. The first-order valence-corrected chi connectivity index (χ1v) is 8.17. The number of nitrogens with zero attached hydrogens (tertiary/aromatic N) is 1. The minimum absolute atomic E-state index is 0.0115. The maximum absolute atomic E-state index is 12.5. The number of carboxylic acids is 1. The number of aryl methyl sites for hydroxylation is 1. The summed E-state index contributed by atoms with van der Waals surface area (Å²) in [7, 11) is -3.81. The summed E-state index contributed by atoms with van der Waals surface area (Å²) < 4.78 is 31.3. The zero-order valence-electron chi connectivity index (χ0n) is 10.8. The van der Waals surface area contributed by atoms with Gasteiger partial charge in [0, 0.05) is 6.54 Å². The Labute approximate surface area is 120 Å². The lowest BCUT2D eigenvalue weighted by Gasteiger charge is -2.32. The molecule has 112 valence electrons. The minimum Gasteiger partial charge on any atom is -0.477 e. The highest BCUT2D eigenvalue weighted by molar-refractivity contribution is 7.91. The molecule has 0 radical (unpaired) electrons. The first kappa shape index (κ1) is 15.4. The Balaban J connectivity index is 2.39. The number of rotatable bonds is 4. The van der Waals surface area contributed by atoms with Gasteiger partial charge < -0.3 is 14.9 Å².